The van der Waals surface area contributed by atoms with Gasteiger partial charge < -0.3 is 9.67 Å². The molecule has 0 bridgehead atoms. The van der Waals surface area contributed by atoms with Crippen LogP contribution in [0, 0.1) is 11.6 Å². The normalized spacial score (nSPS) is 11.0. The predicted molar refractivity (Wildman–Crippen MR) is 79.4 cm³/mol. The molecule has 1 heterocycles. The van der Waals surface area contributed by atoms with E-state index in [9.17, 15) is 18.7 Å². The van der Waals surface area contributed by atoms with Gasteiger partial charge in [0, 0.05) is 28.2 Å². The molecule has 1 N–H and O–H groups in total. The van der Waals surface area contributed by atoms with Crippen LogP contribution in [-0.4, -0.2) is 15.6 Å². The summed E-state index contributed by atoms with van der Waals surface area (Å²) in [6, 6.07) is 8.12. The van der Waals surface area contributed by atoms with Gasteiger partial charge in [-0.2, -0.15) is 0 Å². The number of benzene rings is 2. The predicted octanol–water partition coefficient (Wildman–Crippen LogP) is 4.32. The number of carboxylic acid groups (broad SMARTS) is 1. The van der Waals surface area contributed by atoms with Gasteiger partial charge in [-0.25, -0.2) is 13.6 Å². The Morgan fingerprint density at radius 3 is 2.64 bits per heavy atom. The fraction of sp³-hybridized carbons (Fsp3) is 0.0625. The lowest BCUT2D eigenvalue weighted by Gasteiger charge is -2.07. The number of aromatic carboxylic acids is 1. The Balaban J connectivity index is 2.14. The summed E-state index contributed by atoms with van der Waals surface area (Å²) in [5.41, 5.74) is 0.943. The zero-order valence-corrected chi connectivity index (χ0v) is 11.9. The number of rotatable bonds is 3. The minimum atomic E-state index is -1.08. The number of aromatic nitrogens is 1. The van der Waals surface area contributed by atoms with E-state index in [0.717, 1.165) is 12.1 Å². The van der Waals surface area contributed by atoms with Crippen LogP contribution in [0.25, 0.3) is 10.9 Å². The maximum absolute atomic E-state index is 13.8. The number of carbonyl (C=O) groups is 1. The molecule has 112 valence electrons. The summed E-state index contributed by atoms with van der Waals surface area (Å²) < 4.78 is 28.3. The van der Waals surface area contributed by atoms with E-state index in [2.05, 4.69) is 0 Å². The molecule has 0 spiro atoms. The molecule has 2 aromatic carbocycles. The van der Waals surface area contributed by atoms with E-state index in [0.29, 0.717) is 15.9 Å². The Labute approximate surface area is 129 Å². The van der Waals surface area contributed by atoms with E-state index >= 15 is 0 Å². The number of hydrogen-bond donors (Lipinski definition) is 1. The second-order valence-corrected chi connectivity index (χ2v) is 5.31. The largest absolute Gasteiger partial charge is 0.478 e. The monoisotopic (exact) mass is 321 g/mol. The van der Waals surface area contributed by atoms with Gasteiger partial charge in [0.15, 0.2) is 0 Å². The third-order valence-electron chi connectivity index (χ3n) is 3.43. The molecule has 6 heteroatoms. The molecule has 0 aliphatic heterocycles. The lowest BCUT2D eigenvalue weighted by atomic mass is 10.2. The van der Waals surface area contributed by atoms with Gasteiger partial charge in [-0.05, 0) is 18.2 Å². The topological polar surface area (TPSA) is 42.2 Å². The summed E-state index contributed by atoms with van der Waals surface area (Å²) in [5.74, 6) is -2.42. The average Bonchev–Trinajstić information content (AvgIpc) is 2.80. The van der Waals surface area contributed by atoms with Crippen molar-refractivity contribution in [2.75, 3.05) is 0 Å². The van der Waals surface area contributed by atoms with Crippen molar-refractivity contribution in [3.8, 4) is 0 Å². The number of hydrogen-bond acceptors (Lipinski definition) is 1. The molecular formula is C16H10ClF2NO2. The highest BCUT2D eigenvalue weighted by Crippen LogP contribution is 2.26. The van der Waals surface area contributed by atoms with E-state index in [1.165, 1.54) is 12.3 Å². The van der Waals surface area contributed by atoms with E-state index in [4.69, 9.17) is 11.6 Å². The fourth-order valence-electron chi connectivity index (χ4n) is 2.40. The zero-order chi connectivity index (χ0) is 15.9. The lowest BCUT2D eigenvalue weighted by Crippen LogP contribution is -2.01. The lowest BCUT2D eigenvalue weighted by molar-refractivity contribution is 0.0699. The van der Waals surface area contributed by atoms with Crippen LogP contribution in [0.5, 0.6) is 0 Å². The third kappa shape index (κ3) is 2.55. The standard InChI is InChI=1S/C16H10ClF2NO2/c17-10-2-4-12-13(16(21)22)8-20(15(12)5-10)7-9-1-3-11(18)6-14(9)19/h1-6,8H,7H2,(H,21,22). The summed E-state index contributed by atoms with van der Waals surface area (Å²) in [6.07, 6.45) is 1.42. The minimum Gasteiger partial charge on any atom is -0.478 e. The van der Waals surface area contributed by atoms with E-state index in [1.807, 2.05) is 0 Å². The number of carboxylic acids is 1. The fourth-order valence-corrected chi connectivity index (χ4v) is 2.57. The molecule has 0 aliphatic rings. The van der Waals surface area contributed by atoms with Crippen LogP contribution in [-0.2, 0) is 6.54 Å². The van der Waals surface area contributed by atoms with Gasteiger partial charge in [0.25, 0.3) is 0 Å². The van der Waals surface area contributed by atoms with Gasteiger partial charge in [0.05, 0.1) is 17.6 Å². The van der Waals surface area contributed by atoms with Gasteiger partial charge in [0.2, 0.25) is 0 Å². The van der Waals surface area contributed by atoms with Gasteiger partial charge in [-0.15, -0.1) is 0 Å². The molecule has 0 atom stereocenters. The first-order valence-corrected chi connectivity index (χ1v) is 6.79. The first kappa shape index (κ1) is 14.5. The van der Waals surface area contributed by atoms with E-state index < -0.39 is 17.6 Å². The molecule has 0 fully saturated rings. The van der Waals surface area contributed by atoms with Gasteiger partial charge >= 0.3 is 5.97 Å². The maximum Gasteiger partial charge on any atom is 0.337 e. The highest BCUT2D eigenvalue weighted by molar-refractivity contribution is 6.31. The minimum absolute atomic E-state index is 0.0796. The van der Waals surface area contributed by atoms with Crippen molar-refractivity contribution < 1.29 is 18.7 Å². The first-order valence-electron chi connectivity index (χ1n) is 6.41. The molecule has 0 amide bonds. The van der Waals surface area contributed by atoms with E-state index in [1.54, 1.807) is 22.8 Å². The third-order valence-corrected chi connectivity index (χ3v) is 3.67. The van der Waals surface area contributed by atoms with Crippen LogP contribution in [0.2, 0.25) is 5.02 Å². The molecular weight excluding hydrogens is 312 g/mol. The second kappa shape index (κ2) is 5.42. The van der Waals surface area contributed by atoms with Gasteiger partial charge in [0.1, 0.15) is 11.6 Å². The Kier molecular flexibility index (Phi) is 3.58. The summed E-state index contributed by atoms with van der Waals surface area (Å²) in [4.78, 5) is 11.3. The van der Waals surface area contributed by atoms with Crippen LogP contribution in [0.15, 0.2) is 42.6 Å². The van der Waals surface area contributed by atoms with E-state index in [-0.39, 0.29) is 17.7 Å². The first-order chi connectivity index (χ1) is 10.5. The summed E-state index contributed by atoms with van der Waals surface area (Å²) in [6.45, 7) is 0.0796. The van der Waals surface area contributed by atoms with Crippen molar-refractivity contribution in [2.45, 2.75) is 6.54 Å². The Hall–Kier alpha value is -2.40. The van der Waals surface area contributed by atoms with Crippen molar-refractivity contribution in [3.05, 3.63) is 70.4 Å². The molecule has 3 nitrogen and oxygen atoms in total. The number of halogens is 3. The van der Waals surface area contributed by atoms with Gasteiger partial charge in [-0.3, -0.25) is 0 Å². The van der Waals surface area contributed by atoms with Crippen molar-refractivity contribution in [2.24, 2.45) is 0 Å². The van der Waals surface area contributed by atoms with Crippen molar-refractivity contribution in [1.29, 1.82) is 0 Å². The van der Waals surface area contributed by atoms with Gasteiger partial charge in [-0.1, -0.05) is 23.7 Å². The second-order valence-electron chi connectivity index (χ2n) is 4.87. The smallest absolute Gasteiger partial charge is 0.337 e. The summed E-state index contributed by atoms with van der Waals surface area (Å²) >= 11 is 5.95. The molecule has 0 saturated heterocycles. The molecule has 22 heavy (non-hydrogen) atoms. The Morgan fingerprint density at radius 1 is 1.18 bits per heavy atom. The molecule has 0 unspecified atom stereocenters. The van der Waals surface area contributed by atoms with Crippen LogP contribution < -0.4 is 0 Å². The highest BCUT2D eigenvalue weighted by atomic mass is 35.5. The van der Waals surface area contributed by atoms with Crippen LogP contribution in [0.3, 0.4) is 0 Å². The van der Waals surface area contributed by atoms with Crippen molar-refractivity contribution in [3.63, 3.8) is 0 Å². The maximum atomic E-state index is 13.8. The number of fused-ring (bicyclic) bond motifs is 1. The Bertz CT molecular complexity index is 889. The quantitative estimate of drug-likeness (QED) is 0.780. The zero-order valence-electron chi connectivity index (χ0n) is 11.2. The molecule has 3 rings (SSSR count). The number of nitrogens with zero attached hydrogens (tertiary/aromatic N) is 1. The SMILES string of the molecule is O=C(O)c1cn(Cc2ccc(F)cc2F)c2cc(Cl)ccc12. The molecule has 0 aliphatic carbocycles. The molecule has 1 aromatic heterocycles. The summed E-state index contributed by atoms with van der Waals surface area (Å²) in [5, 5.41) is 10.2. The van der Waals surface area contributed by atoms with Crippen molar-refractivity contribution in [1.82, 2.24) is 4.57 Å². The molecule has 0 saturated carbocycles. The van der Waals surface area contributed by atoms with Crippen molar-refractivity contribution >= 4 is 28.5 Å². The Morgan fingerprint density at radius 2 is 1.95 bits per heavy atom. The molecule has 3 aromatic rings. The molecule has 0 radical (unpaired) electrons. The highest BCUT2D eigenvalue weighted by Gasteiger charge is 2.15. The average molecular weight is 322 g/mol. The van der Waals surface area contributed by atoms with Crippen LogP contribution >= 0.6 is 11.6 Å². The van der Waals surface area contributed by atoms with Crippen LogP contribution in [0.1, 0.15) is 15.9 Å². The van der Waals surface area contributed by atoms with Crippen LogP contribution in [0.4, 0.5) is 8.78 Å². The summed E-state index contributed by atoms with van der Waals surface area (Å²) in [7, 11) is 0.